The van der Waals surface area contributed by atoms with E-state index in [0.29, 0.717) is 18.3 Å². The van der Waals surface area contributed by atoms with Gasteiger partial charge in [-0.1, -0.05) is 0 Å². The maximum atomic E-state index is 11.2. The zero-order valence-electron chi connectivity index (χ0n) is 10.0. The van der Waals surface area contributed by atoms with Gasteiger partial charge in [-0.15, -0.1) is 0 Å². The van der Waals surface area contributed by atoms with Crippen LogP contribution < -0.4 is 10.2 Å². The van der Waals surface area contributed by atoms with Gasteiger partial charge in [0.1, 0.15) is 24.0 Å². The summed E-state index contributed by atoms with van der Waals surface area (Å²) < 4.78 is 0. The molecule has 0 bridgehead atoms. The number of nitrogens with zero attached hydrogens (tertiary/aromatic N) is 3. The Hall–Kier alpha value is -1.85. The summed E-state index contributed by atoms with van der Waals surface area (Å²) >= 11 is 0. The van der Waals surface area contributed by atoms with Gasteiger partial charge in [0.15, 0.2) is 0 Å². The van der Waals surface area contributed by atoms with E-state index in [2.05, 4.69) is 15.3 Å². The Balaban J connectivity index is 1.79. The molecule has 1 aliphatic heterocycles. The Bertz CT molecular complexity index is 461. The summed E-state index contributed by atoms with van der Waals surface area (Å²) in [6.45, 7) is 0.747. The van der Waals surface area contributed by atoms with Gasteiger partial charge < -0.3 is 15.3 Å². The first kappa shape index (κ1) is 11.3. The number of hydrogen-bond acceptors (Lipinski definition) is 5. The molecule has 2 fully saturated rings. The summed E-state index contributed by atoms with van der Waals surface area (Å²) in [7, 11) is 0. The van der Waals surface area contributed by atoms with Crippen molar-refractivity contribution in [2.45, 2.75) is 37.8 Å². The molecular weight excluding hydrogens is 232 g/mol. The van der Waals surface area contributed by atoms with E-state index in [1.54, 1.807) is 0 Å². The minimum Gasteiger partial charge on any atom is -0.480 e. The zero-order chi connectivity index (χ0) is 12.5. The number of aromatic nitrogens is 2. The first-order valence-electron chi connectivity index (χ1n) is 6.32. The van der Waals surface area contributed by atoms with Gasteiger partial charge in [-0.05, 0) is 25.7 Å². The van der Waals surface area contributed by atoms with Gasteiger partial charge in [0.05, 0.1) is 0 Å². The summed E-state index contributed by atoms with van der Waals surface area (Å²) in [5.74, 6) is 0.722. The smallest absolute Gasteiger partial charge is 0.326 e. The van der Waals surface area contributed by atoms with Crippen molar-refractivity contribution in [1.82, 2.24) is 9.97 Å². The van der Waals surface area contributed by atoms with Crippen molar-refractivity contribution in [3.8, 4) is 0 Å². The van der Waals surface area contributed by atoms with Crippen molar-refractivity contribution in [2.75, 3.05) is 16.8 Å². The molecule has 0 amide bonds. The number of carboxylic acid groups (broad SMARTS) is 1. The summed E-state index contributed by atoms with van der Waals surface area (Å²) in [6, 6.07) is 1.93. The van der Waals surface area contributed by atoms with Crippen LogP contribution in [0.1, 0.15) is 25.7 Å². The van der Waals surface area contributed by atoms with Crippen LogP contribution in [0, 0.1) is 0 Å². The Morgan fingerprint density at radius 3 is 2.94 bits per heavy atom. The highest BCUT2D eigenvalue weighted by molar-refractivity contribution is 5.78. The highest BCUT2D eigenvalue weighted by Crippen LogP contribution is 2.27. The highest BCUT2D eigenvalue weighted by Gasteiger charge is 2.31. The molecular formula is C12H16N4O2. The highest BCUT2D eigenvalue weighted by atomic mass is 16.4. The van der Waals surface area contributed by atoms with Gasteiger partial charge in [-0.25, -0.2) is 14.8 Å². The molecule has 0 spiro atoms. The molecule has 1 aliphatic carbocycles. The van der Waals surface area contributed by atoms with Gasteiger partial charge in [0.2, 0.25) is 0 Å². The van der Waals surface area contributed by atoms with Crippen molar-refractivity contribution < 1.29 is 9.90 Å². The maximum absolute atomic E-state index is 11.2. The molecule has 2 aliphatic rings. The van der Waals surface area contributed by atoms with E-state index in [0.717, 1.165) is 18.8 Å². The summed E-state index contributed by atoms with van der Waals surface area (Å²) in [4.78, 5) is 21.4. The molecule has 0 unspecified atom stereocenters. The van der Waals surface area contributed by atoms with E-state index >= 15 is 0 Å². The van der Waals surface area contributed by atoms with E-state index in [9.17, 15) is 4.79 Å². The van der Waals surface area contributed by atoms with Crippen LogP contribution in [0.5, 0.6) is 0 Å². The van der Waals surface area contributed by atoms with Crippen LogP contribution in [0.25, 0.3) is 0 Å². The molecule has 6 heteroatoms. The van der Waals surface area contributed by atoms with Crippen molar-refractivity contribution in [3.63, 3.8) is 0 Å². The SMILES string of the molecule is O=C(O)[C@H]1CCCN1c1cc(NC2CC2)ncn1. The van der Waals surface area contributed by atoms with Crippen LogP contribution in [0.15, 0.2) is 12.4 Å². The topological polar surface area (TPSA) is 78.4 Å². The van der Waals surface area contributed by atoms with E-state index < -0.39 is 12.0 Å². The predicted octanol–water partition coefficient (Wildman–Crippen LogP) is 1.10. The lowest BCUT2D eigenvalue weighted by Crippen LogP contribution is -2.36. The molecule has 96 valence electrons. The van der Waals surface area contributed by atoms with Gasteiger partial charge in [0.25, 0.3) is 0 Å². The molecule has 1 aromatic rings. The minimum absolute atomic E-state index is 0.450. The van der Waals surface area contributed by atoms with E-state index in [-0.39, 0.29) is 0 Å². The quantitative estimate of drug-likeness (QED) is 0.831. The largest absolute Gasteiger partial charge is 0.480 e. The average molecular weight is 248 g/mol. The monoisotopic (exact) mass is 248 g/mol. The summed E-state index contributed by atoms with van der Waals surface area (Å²) in [5.41, 5.74) is 0. The molecule has 0 radical (unpaired) electrons. The van der Waals surface area contributed by atoms with E-state index in [1.165, 1.54) is 19.2 Å². The maximum Gasteiger partial charge on any atom is 0.326 e. The number of anilines is 2. The lowest BCUT2D eigenvalue weighted by Gasteiger charge is -2.22. The normalized spacial score (nSPS) is 23.1. The Morgan fingerprint density at radius 2 is 2.22 bits per heavy atom. The molecule has 6 nitrogen and oxygen atoms in total. The van der Waals surface area contributed by atoms with Crippen molar-refractivity contribution in [2.24, 2.45) is 0 Å². The fourth-order valence-electron chi connectivity index (χ4n) is 2.32. The standard InChI is InChI=1S/C12H16N4O2/c17-12(18)9-2-1-5-16(9)11-6-10(13-7-14-11)15-8-3-4-8/h6-9H,1-5H2,(H,17,18)(H,13,14,15)/t9-/m1/s1. The molecule has 1 saturated carbocycles. The van der Waals surface area contributed by atoms with Crippen LogP contribution in [0.4, 0.5) is 11.6 Å². The molecule has 1 atom stereocenters. The first-order chi connectivity index (χ1) is 8.74. The molecule has 1 saturated heterocycles. The molecule has 3 rings (SSSR count). The lowest BCUT2D eigenvalue weighted by molar-refractivity contribution is -0.138. The molecule has 2 heterocycles. The van der Waals surface area contributed by atoms with Crippen molar-refractivity contribution in [3.05, 3.63) is 12.4 Å². The second kappa shape index (κ2) is 4.44. The number of carbonyl (C=O) groups is 1. The zero-order valence-corrected chi connectivity index (χ0v) is 10.0. The summed E-state index contributed by atoms with van der Waals surface area (Å²) in [5, 5.41) is 12.5. The number of aliphatic carboxylic acids is 1. The minimum atomic E-state index is -0.775. The lowest BCUT2D eigenvalue weighted by atomic mass is 10.2. The molecule has 0 aromatic carbocycles. The Morgan fingerprint density at radius 1 is 1.39 bits per heavy atom. The fraction of sp³-hybridized carbons (Fsp3) is 0.583. The number of nitrogens with one attached hydrogen (secondary N) is 1. The van der Waals surface area contributed by atoms with Crippen LogP contribution >= 0.6 is 0 Å². The predicted molar refractivity (Wildman–Crippen MR) is 66.7 cm³/mol. The first-order valence-corrected chi connectivity index (χ1v) is 6.32. The number of rotatable bonds is 4. The third-order valence-electron chi connectivity index (χ3n) is 3.41. The third-order valence-corrected chi connectivity index (χ3v) is 3.41. The summed E-state index contributed by atoms with van der Waals surface area (Å²) in [6.07, 6.45) is 5.44. The van der Waals surface area contributed by atoms with Crippen LogP contribution in [-0.2, 0) is 4.79 Å². The third kappa shape index (κ3) is 2.23. The van der Waals surface area contributed by atoms with Gasteiger partial charge in [-0.3, -0.25) is 0 Å². The van der Waals surface area contributed by atoms with Crippen LogP contribution in [0.3, 0.4) is 0 Å². The van der Waals surface area contributed by atoms with E-state index in [4.69, 9.17) is 5.11 Å². The second-order valence-corrected chi connectivity index (χ2v) is 4.87. The van der Waals surface area contributed by atoms with Gasteiger partial charge >= 0.3 is 5.97 Å². The van der Waals surface area contributed by atoms with E-state index in [1.807, 2.05) is 11.0 Å². The van der Waals surface area contributed by atoms with Crippen molar-refractivity contribution >= 4 is 17.6 Å². The molecule has 18 heavy (non-hydrogen) atoms. The van der Waals surface area contributed by atoms with Crippen molar-refractivity contribution in [1.29, 1.82) is 0 Å². The Labute approximate surface area is 105 Å². The average Bonchev–Trinajstić information content (AvgIpc) is 3.03. The van der Waals surface area contributed by atoms with Crippen LogP contribution in [-0.4, -0.2) is 39.7 Å². The second-order valence-electron chi connectivity index (χ2n) is 4.87. The fourth-order valence-corrected chi connectivity index (χ4v) is 2.32. The number of carboxylic acids is 1. The Kier molecular flexibility index (Phi) is 2.77. The van der Waals surface area contributed by atoms with Crippen LogP contribution in [0.2, 0.25) is 0 Å². The molecule has 1 aromatic heterocycles. The molecule has 2 N–H and O–H groups in total. The van der Waals surface area contributed by atoms with Gasteiger partial charge in [-0.2, -0.15) is 0 Å². The number of hydrogen-bond donors (Lipinski definition) is 2. The van der Waals surface area contributed by atoms with Gasteiger partial charge in [0, 0.05) is 18.7 Å².